The molecule has 1 aliphatic rings. The van der Waals surface area contributed by atoms with E-state index >= 15 is 0 Å². The molecule has 72 valence electrons. The van der Waals surface area contributed by atoms with Gasteiger partial charge in [-0.1, -0.05) is 0 Å². The van der Waals surface area contributed by atoms with Gasteiger partial charge in [-0.15, -0.1) is 0 Å². The van der Waals surface area contributed by atoms with Crippen LogP contribution in [0.15, 0.2) is 6.33 Å². The molecule has 1 fully saturated rings. The van der Waals surface area contributed by atoms with E-state index in [2.05, 4.69) is 28.7 Å². The van der Waals surface area contributed by atoms with Crippen molar-refractivity contribution in [2.24, 2.45) is 0 Å². The molecule has 1 aromatic heterocycles. The minimum atomic E-state index is 0.660. The molecular formula is C10H17N3. The van der Waals surface area contributed by atoms with Crippen LogP contribution in [0.25, 0.3) is 0 Å². The summed E-state index contributed by atoms with van der Waals surface area (Å²) < 4.78 is 2.25. The van der Waals surface area contributed by atoms with Crippen LogP contribution in [-0.2, 0) is 6.54 Å². The highest BCUT2D eigenvalue weighted by atomic mass is 15.1. The predicted molar refractivity (Wildman–Crippen MR) is 52.7 cm³/mol. The van der Waals surface area contributed by atoms with E-state index in [-0.39, 0.29) is 0 Å². The van der Waals surface area contributed by atoms with Crippen molar-refractivity contribution < 1.29 is 0 Å². The highest BCUT2D eigenvalue weighted by Crippen LogP contribution is 2.10. The third-order valence-electron chi connectivity index (χ3n) is 2.92. The highest BCUT2D eigenvalue weighted by Gasteiger charge is 2.15. The summed E-state index contributed by atoms with van der Waals surface area (Å²) in [5.41, 5.74) is 2.45. The molecule has 0 radical (unpaired) electrons. The van der Waals surface area contributed by atoms with E-state index in [1.54, 1.807) is 0 Å². The van der Waals surface area contributed by atoms with E-state index < -0.39 is 0 Å². The van der Waals surface area contributed by atoms with E-state index in [4.69, 9.17) is 0 Å². The van der Waals surface area contributed by atoms with Crippen molar-refractivity contribution >= 4 is 0 Å². The minimum Gasteiger partial charge on any atom is -0.333 e. The van der Waals surface area contributed by atoms with Crippen molar-refractivity contribution in [2.45, 2.75) is 39.3 Å². The second-order valence-electron chi connectivity index (χ2n) is 3.86. The maximum absolute atomic E-state index is 4.29. The Morgan fingerprint density at radius 2 is 2.46 bits per heavy atom. The molecule has 1 aliphatic heterocycles. The van der Waals surface area contributed by atoms with E-state index in [1.807, 2.05) is 6.33 Å². The fraction of sp³-hybridized carbons (Fsp3) is 0.700. The lowest BCUT2D eigenvalue weighted by molar-refractivity contribution is 0.502. The molecule has 13 heavy (non-hydrogen) atoms. The van der Waals surface area contributed by atoms with Crippen molar-refractivity contribution in [3.05, 3.63) is 17.7 Å². The molecule has 1 aromatic rings. The quantitative estimate of drug-likeness (QED) is 0.740. The Labute approximate surface area is 79.2 Å². The molecule has 1 saturated heterocycles. The molecule has 0 bridgehead atoms. The lowest BCUT2D eigenvalue weighted by atomic mass is 10.2. The van der Waals surface area contributed by atoms with Crippen LogP contribution < -0.4 is 5.32 Å². The summed E-state index contributed by atoms with van der Waals surface area (Å²) >= 11 is 0. The summed E-state index contributed by atoms with van der Waals surface area (Å²) in [5, 5.41) is 3.49. The van der Waals surface area contributed by atoms with Crippen molar-refractivity contribution in [3.8, 4) is 0 Å². The molecule has 3 heteroatoms. The van der Waals surface area contributed by atoms with Crippen LogP contribution in [0.3, 0.4) is 0 Å². The fourth-order valence-corrected chi connectivity index (χ4v) is 1.88. The largest absolute Gasteiger partial charge is 0.333 e. The SMILES string of the molecule is Cc1ncn(C[C@H]2CCCN2)c1C. The van der Waals surface area contributed by atoms with Gasteiger partial charge in [-0.2, -0.15) is 0 Å². The highest BCUT2D eigenvalue weighted by molar-refractivity contribution is 5.08. The first kappa shape index (κ1) is 8.75. The van der Waals surface area contributed by atoms with Gasteiger partial charge in [-0.3, -0.25) is 0 Å². The van der Waals surface area contributed by atoms with Crippen molar-refractivity contribution in [1.82, 2.24) is 14.9 Å². The molecule has 2 rings (SSSR count). The zero-order valence-electron chi connectivity index (χ0n) is 8.38. The van der Waals surface area contributed by atoms with Crippen LogP contribution in [0.4, 0.5) is 0 Å². The summed E-state index contributed by atoms with van der Waals surface area (Å²) in [6.07, 6.45) is 4.57. The lowest BCUT2D eigenvalue weighted by Gasteiger charge is -2.12. The molecule has 0 aliphatic carbocycles. The van der Waals surface area contributed by atoms with Gasteiger partial charge in [0.2, 0.25) is 0 Å². The zero-order chi connectivity index (χ0) is 9.26. The minimum absolute atomic E-state index is 0.660. The maximum Gasteiger partial charge on any atom is 0.0951 e. The topological polar surface area (TPSA) is 29.9 Å². The number of aromatic nitrogens is 2. The van der Waals surface area contributed by atoms with Gasteiger partial charge < -0.3 is 9.88 Å². The maximum atomic E-state index is 4.29. The van der Waals surface area contributed by atoms with E-state index in [1.165, 1.54) is 25.1 Å². The van der Waals surface area contributed by atoms with Crippen LogP contribution in [0, 0.1) is 13.8 Å². The molecule has 0 spiro atoms. The number of aryl methyl sites for hydroxylation is 1. The zero-order valence-corrected chi connectivity index (χ0v) is 8.38. The first-order chi connectivity index (χ1) is 6.27. The van der Waals surface area contributed by atoms with Crippen LogP contribution in [0.2, 0.25) is 0 Å². The average Bonchev–Trinajstić information content (AvgIpc) is 2.71. The van der Waals surface area contributed by atoms with Gasteiger partial charge in [0.1, 0.15) is 0 Å². The number of nitrogens with one attached hydrogen (secondary N) is 1. The Morgan fingerprint density at radius 3 is 3.00 bits per heavy atom. The number of hydrogen-bond acceptors (Lipinski definition) is 2. The Balaban J connectivity index is 2.04. The first-order valence-corrected chi connectivity index (χ1v) is 4.99. The smallest absolute Gasteiger partial charge is 0.0951 e. The van der Waals surface area contributed by atoms with Gasteiger partial charge in [0.25, 0.3) is 0 Å². The molecular weight excluding hydrogens is 162 g/mol. The molecule has 0 aromatic carbocycles. The van der Waals surface area contributed by atoms with Crippen LogP contribution >= 0.6 is 0 Å². The fourth-order valence-electron chi connectivity index (χ4n) is 1.88. The molecule has 3 nitrogen and oxygen atoms in total. The van der Waals surface area contributed by atoms with E-state index in [0.29, 0.717) is 6.04 Å². The van der Waals surface area contributed by atoms with Gasteiger partial charge in [0.05, 0.1) is 12.0 Å². The van der Waals surface area contributed by atoms with Gasteiger partial charge in [-0.25, -0.2) is 4.98 Å². The molecule has 2 heterocycles. The monoisotopic (exact) mass is 179 g/mol. The van der Waals surface area contributed by atoms with Crippen LogP contribution in [-0.4, -0.2) is 22.1 Å². The second-order valence-corrected chi connectivity index (χ2v) is 3.86. The molecule has 1 atom stereocenters. The predicted octanol–water partition coefficient (Wildman–Crippen LogP) is 1.25. The van der Waals surface area contributed by atoms with E-state index in [0.717, 1.165) is 12.2 Å². The first-order valence-electron chi connectivity index (χ1n) is 4.99. The summed E-state index contributed by atoms with van der Waals surface area (Å²) in [7, 11) is 0. The number of rotatable bonds is 2. The summed E-state index contributed by atoms with van der Waals surface area (Å²) in [4.78, 5) is 4.29. The van der Waals surface area contributed by atoms with Gasteiger partial charge >= 0.3 is 0 Å². The Bertz CT molecular complexity index is 284. The lowest BCUT2D eigenvalue weighted by Crippen LogP contribution is -2.26. The third kappa shape index (κ3) is 1.75. The molecule has 0 amide bonds. The molecule has 1 N–H and O–H groups in total. The number of nitrogens with zero attached hydrogens (tertiary/aromatic N) is 2. The summed E-state index contributed by atoms with van der Waals surface area (Å²) in [5.74, 6) is 0. The van der Waals surface area contributed by atoms with Crippen molar-refractivity contribution in [2.75, 3.05) is 6.54 Å². The Morgan fingerprint density at radius 1 is 1.62 bits per heavy atom. The summed E-state index contributed by atoms with van der Waals surface area (Å²) in [6.45, 7) is 6.45. The second kappa shape index (κ2) is 3.50. The van der Waals surface area contributed by atoms with Gasteiger partial charge in [-0.05, 0) is 33.2 Å². The van der Waals surface area contributed by atoms with Gasteiger partial charge in [0, 0.05) is 18.3 Å². The average molecular weight is 179 g/mol. The van der Waals surface area contributed by atoms with Crippen molar-refractivity contribution in [3.63, 3.8) is 0 Å². The normalized spacial score (nSPS) is 22.5. The van der Waals surface area contributed by atoms with Crippen LogP contribution in [0.1, 0.15) is 24.2 Å². The standard InChI is InChI=1S/C10H17N3/c1-8-9(2)13(7-12-8)6-10-4-3-5-11-10/h7,10-11H,3-6H2,1-2H3/t10-/m1/s1. The summed E-state index contributed by atoms with van der Waals surface area (Å²) in [6, 6.07) is 0.660. The van der Waals surface area contributed by atoms with Crippen molar-refractivity contribution in [1.29, 1.82) is 0 Å². The third-order valence-corrected chi connectivity index (χ3v) is 2.92. The number of imidazole rings is 1. The molecule has 0 saturated carbocycles. The van der Waals surface area contributed by atoms with Gasteiger partial charge in [0.15, 0.2) is 0 Å². The number of hydrogen-bond donors (Lipinski definition) is 1. The molecule has 0 unspecified atom stereocenters. The van der Waals surface area contributed by atoms with E-state index in [9.17, 15) is 0 Å². The van der Waals surface area contributed by atoms with Crippen LogP contribution in [0.5, 0.6) is 0 Å². The Hall–Kier alpha value is -0.830. The Kier molecular flexibility index (Phi) is 2.36.